The highest BCUT2D eigenvalue weighted by Gasteiger charge is 2.14. The Bertz CT molecular complexity index is 1190. The highest BCUT2D eigenvalue weighted by Crippen LogP contribution is 2.20. The quantitative estimate of drug-likeness (QED) is 0.541. The number of para-hydroxylation sites is 1. The standard InChI is InChI=1S/C17H13F2N5OS/c1-24-12-4-2-3-5-13(12)26-17(24)23-22-16(25)9-6-7-10-11(8-9)21-15(20-10)14(18)19/h2-8,14H,1H3,(H,20,21)(H,22,25)/b23-17-. The number of thiazole rings is 1. The zero-order chi connectivity index (χ0) is 18.3. The summed E-state index contributed by atoms with van der Waals surface area (Å²) in [5.74, 6) is -0.850. The number of amides is 1. The first kappa shape index (κ1) is 16.4. The lowest BCUT2D eigenvalue weighted by atomic mass is 10.2. The summed E-state index contributed by atoms with van der Waals surface area (Å²) in [6.45, 7) is 0. The molecular weight excluding hydrogens is 360 g/mol. The van der Waals surface area contributed by atoms with Crippen LogP contribution in [0.2, 0.25) is 0 Å². The van der Waals surface area contributed by atoms with Crippen molar-refractivity contribution in [1.29, 1.82) is 0 Å². The second kappa shape index (κ2) is 6.34. The molecule has 0 spiro atoms. The fourth-order valence-corrected chi connectivity index (χ4v) is 3.60. The number of alkyl halides is 2. The van der Waals surface area contributed by atoms with Crippen LogP contribution in [0.5, 0.6) is 0 Å². The van der Waals surface area contributed by atoms with Crippen LogP contribution in [0.4, 0.5) is 8.78 Å². The van der Waals surface area contributed by atoms with E-state index >= 15 is 0 Å². The molecule has 0 unspecified atom stereocenters. The van der Waals surface area contributed by atoms with Gasteiger partial charge in [-0.05, 0) is 30.3 Å². The van der Waals surface area contributed by atoms with E-state index in [1.165, 1.54) is 29.5 Å². The van der Waals surface area contributed by atoms with Gasteiger partial charge in [-0.15, -0.1) is 5.10 Å². The van der Waals surface area contributed by atoms with Crippen molar-refractivity contribution in [3.05, 3.63) is 58.7 Å². The van der Waals surface area contributed by atoms with Crippen LogP contribution in [0.1, 0.15) is 22.6 Å². The topological polar surface area (TPSA) is 75.1 Å². The molecule has 0 atom stereocenters. The lowest BCUT2D eigenvalue weighted by molar-refractivity contribution is 0.0953. The summed E-state index contributed by atoms with van der Waals surface area (Å²) >= 11 is 1.45. The van der Waals surface area contributed by atoms with E-state index in [2.05, 4.69) is 20.5 Å². The molecule has 0 aliphatic rings. The number of nitrogens with zero attached hydrogens (tertiary/aromatic N) is 3. The Morgan fingerprint density at radius 1 is 1.31 bits per heavy atom. The third-order valence-electron chi connectivity index (χ3n) is 3.94. The van der Waals surface area contributed by atoms with Crippen LogP contribution in [0.15, 0.2) is 47.6 Å². The van der Waals surface area contributed by atoms with Gasteiger partial charge in [0.15, 0.2) is 5.82 Å². The number of benzene rings is 2. The summed E-state index contributed by atoms with van der Waals surface area (Å²) in [5, 5.41) is 4.17. The zero-order valence-corrected chi connectivity index (χ0v) is 14.3. The van der Waals surface area contributed by atoms with Crippen molar-refractivity contribution in [3.8, 4) is 0 Å². The second-order valence-electron chi connectivity index (χ2n) is 5.62. The Kier molecular flexibility index (Phi) is 4.00. The lowest BCUT2D eigenvalue weighted by Gasteiger charge is -2.00. The number of aromatic amines is 1. The second-order valence-corrected chi connectivity index (χ2v) is 6.63. The van der Waals surface area contributed by atoms with Gasteiger partial charge in [-0.25, -0.2) is 19.2 Å². The number of H-pyrrole nitrogens is 1. The number of imidazole rings is 1. The average Bonchev–Trinajstić information content (AvgIpc) is 3.21. The van der Waals surface area contributed by atoms with Gasteiger partial charge in [0.1, 0.15) is 0 Å². The molecule has 4 rings (SSSR count). The van der Waals surface area contributed by atoms with Crippen molar-refractivity contribution in [3.63, 3.8) is 0 Å². The van der Waals surface area contributed by atoms with Crippen LogP contribution in [0, 0.1) is 0 Å². The van der Waals surface area contributed by atoms with Crippen molar-refractivity contribution in [1.82, 2.24) is 20.0 Å². The largest absolute Gasteiger partial charge is 0.337 e. The zero-order valence-electron chi connectivity index (χ0n) is 13.5. The molecule has 0 fully saturated rings. The summed E-state index contributed by atoms with van der Waals surface area (Å²) in [4.78, 5) is 19.3. The molecule has 0 radical (unpaired) electrons. The van der Waals surface area contributed by atoms with E-state index < -0.39 is 18.2 Å². The number of rotatable bonds is 3. The lowest BCUT2D eigenvalue weighted by Crippen LogP contribution is -2.23. The van der Waals surface area contributed by atoms with Crippen LogP contribution >= 0.6 is 11.3 Å². The number of nitrogens with one attached hydrogen (secondary N) is 2. The number of carbonyl (C=O) groups excluding carboxylic acids is 1. The van der Waals surface area contributed by atoms with Crippen LogP contribution in [-0.4, -0.2) is 20.4 Å². The van der Waals surface area contributed by atoms with Gasteiger partial charge >= 0.3 is 0 Å². The van der Waals surface area contributed by atoms with E-state index in [1.54, 1.807) is 0 Å². The van der Waals surface area contributed by atoms with E-state index in [0.717, 1.165) is 10.2 Å². The maximum absolute atomic E-state index is 12.7. The molecule has 26 heavy (non-hydrogen) atoms. The number of aryl methyl sites for hydroxylation is 1. The molecule has 2 N–H and O–H groups in total. The number of hydrogen-bond donors (Lipinski definition) is 2. The molecule has 132 valence electrons. The van der Waals surface area contributed by atoms with Gasteiger partial charge < -0.3 is 9.55 Å². The van der Waals surface area contributed by atoms with Crippen molar-refractivity contribution in [2.24, 2.45) is 12.1 Å². The minimum atomic E-state index is -2.69. The first-order chi connectivity index (χ1) is 12.5. The van der Waals surface area contributed by atoms with Crippen molar-refractivity contribution < 1.29 is 13.6 Å². The molecule has 0 aliphatic carbocycles. The van der Waals surface area contributed by atoms with Gasteiger partial charge in [-0.1, -0.05) is 23.5 Å². The predicted octanol–water partition coefficient (Wildman–Crippen LogP) is 3.30. The Morgan fingerprint density at radius 2 is 2.12 bits per heavy atom. The first-order valence-corrected chi connectivity index (χ1v) is 8.51. The van der Waals surface area contributed by atoms with E-state index in [0.29, 0.717) is 21.4 Å². The third kappa shape index (κ3) is 2.86. The number of halogens is 2. The van der Waals surface area contributed by atoms with E-state index in [9.17, 15) is 13.6 Å². The summed E-state index contributed by atoms with van der Waals surface area (Å²) in [6.07, 6.45) is -2.69. The minimum Gasteiger partial charge on any atom is -0.337 e. The normalized spacial score (nSPS) is 12.4. The molecule has 0 bridgehead atoms. The van der Waals surface area contributed by atoms with E-state index in [4.69, 9.17) is 0 Å². The molecule has 2 aromatic carbocycles. The SMILES string of the molecule is Cn1/c(=N/NC(=O)c2ccc3nc(C(F)F)[nH]c3c2)sc2ccccc21. The van der Waals surface area contributed by atoms with Crippen molar-refractivity contribution in [2.75, 3.05) is 0 Å². The Labute approximate surface area is 149 Å². The molecule has 1 amide bonds. The molecule has 0 saturated heterocycles. The smallest absolute Gasteiger partial charge is 0.295 e. The molecule has 2 aromatic heterocycles. The monoisotopic (exact) mass is 373 g/mol. The van der Waals surface area contributed by atoms with Crippen LogP contribution in [0.25, 0.3) is 21.3 Å². The first-order valence-electron chi connectivity index (χ1n) is 7.69. The minimum absolute atomic E-state index is 0.300. The highest BCUT2D eigenvalue weighted by molar-refractivity contribution is 7.16. The molecule has 6 nitrogen and oxygen atoms in total. The maximum Gasteiger partial charge on any atom is 0.295 e. The van der Waals surface area contributed by atoms with Gasteiger partial charge in [-0.2, -0.15) is 0 Å². The summed E-state index contributed by atoms with van der Waals surface area (Å²) < 4.78 is 28.4. The Morgan fingerprint density at radius 3 is 2.88 bits per heavy atom. The molecule has 0 saturated carbocycles. The number of aromatic nitrogens is 3. The van der Waals surface area contributed by atoms with Gasteiger partial charge in [0, 0.05) is 12.6 Å². The molecular formula is C17H13F2N5OS. The Hall–Kier alpha value is -3.07. The summed E-state index contributed by atoms with van der Waals surface area (Å²) in [7, 11) is 1.87. The van der Waals surface area contributed by atoms with Crippen molar-refractivity contribution >= 4 is 38.5 Å². The highest BCUT2D eigenvalue weighted by atomic mass is 32.1. The van der Waals surface area contributed by atoms with E-state index in [1.807, 2.05) is 35.9 Å². The summed E-state index contributed by atoms with van der Waals surface area (Å²) in [6, 6.07) is 12.3. The fraction of sp³-hybridized carbons (Fsp3) is 0.118. The van der Waals surface area contributed by atoms with Crippen molar-refractivity contribution in [2.45, 2.75) is 6.43 Å². The van der Waals surface area contributed by atoms with E-state index in [-0.39, 0.29) is 0 Å². The van der Waals surface area contributed by atoms with Crippen LogP contribution in [0.3, 0.4) is 0 Å². The number of fused-ring (bicyclic) bond motifs is 2. The van der Waals surface area contributed by atoms with Gasteiger partial charge in [0.25, 0.3) is 12.3 Å². The molecule has 4 aromatic rings. The average molecular weight is 373 g/mol. The van der Waals surface area contributed by atoms with Gasteiger partial charge in [0.05, 0.1) is 21.3 Å². The van der Waals surface area contributed by atoms with Crippen LogP contribution in [-0.2, 0) is 7.05 Å². The molecule has 9 heteroatoms. The number of carbonyl (C=O) groups is 1. The van der Waals surface area contributed by atoms with Gasteiger partial charge in [-0.3, -0.25) is 4.79 Å². The predicted molar refractivity (Wildman–Crippen MR) is 94.9 cm³/mol. The molecule has 0 aliphatic heterocycles. The maximum atomic E-state index is 12.7. The van der Waals surface area contributed by atoms with Gasteiger partial charge in [0.2, 0.25) is 4.80 Å². The number of hydrogen-bond acceptors (Lipinski definition) is 4. The van der Waals surface area contributed by atoms with Crippen LogP contribution < -0.4 is 10.2 Å². The molecule has 2 heterocycles. The Balaban J connectivity index is 1.63. The third-order valence-corrected chi connectivity index (χ3v) is 5.05. The fourth-order valence-electron chi connectivity index (χ4n) is 2.63. The summed E-state index contributed by atoms with van der Waals surface area (Å²) in [5.41, 5.74) is 4.58.